The van der Waals surface area contributed by atoms with Gasteiger partial charge in [-0.25, -0.2) is 0 Å². The van der Waals surface area contributed by atoms with Crippen molar-refractivity contribution in [1.29, 1.82) is 0 Å². The molecule has 0 radical (unpaired) electrons. The molecule has 2 aromatic carbocycles. The Morgan fingerprint density at radius 2 is 1.75 bits per heavy atom. The second kappa shape index (κ2) is 7.89. The molecule has 0 aliphatic rings. The third kappa shape index (κ3) is 4.52. The van der Waals surface area contributed by atoms with Crippen molar-refractivity contribution in [2.75, 3.05) is 13.2 Å². The van der Waals surface area contributed by atoms with Gasteiger partial charge in [-0.2, -0.15) is 0 Å². The van der Waals surface area contributed by atoms with Crippen LogP contribution in [0.15, 0.2) is 54.6 Å². The van der Waals surface area contributed by atoms with Gasteiger partial charge in [0.2, 0.25) is 0 Å². The van der Waals surface area contributed by atoms with Crippen molar-refractivity contribution in [3.8, 4) is 5.75 Å². The molecule has 0 aliphatic carbocycles. The Hall–Kier alpha value is -1.56. The summed E-state index contributed by atoms with van der Waals surface area (Å²) >= 11 is 2.17. The van der Waals surface area contributed by atoms with Crippen LogP contribution in [0.25, 0.3) is 0 Å². The minimum Gasteiger partial charge on any atom is -0.494 e. The largest absolute Gasteiger partial charge is 0.494 e. The van der Waals surface area contributed by atoms with Crippen LogP contribution in [0, 0.1) is 3.57 Å². The second-order valence-electron chi connectivity index (χ2n) is 4.25. The zero-order valence-corrected chi connectivity index (χ0v) is 13.2. The molecule has 104 valence electrons. The summed E-state index contributed by atoms with van der Waals surface area (Å²) in [7, 11) is 0. The molecule has 2 rings (SSSR count). The van der Waals surface area contributed by atoms with E-state index in [4.69, 9.17) is 4.74 Å². The summed E-state index contributed by atoms with van der Waals surface area (Å²) in [5.74, 6) is 0.825. The normalized spacial score (nSPS) is 10.1. The molecule has 0 saturated carbocycles. The number of nitrogens with one attached hydrogen (secondary N) is 1. The first-order valence-electron chi connectivity index (χ1n) is 6.48. The molecule has 0 saturated heterocycles. The smallest absolute Gasteiger partial charge is 0.252 e. The van der Waals surface area contributed by atoms with E-state index in [2.05, 4.69) is 27.9 Å². The maximum absolute atomic E-state index is 11.9. The van der Waals surface area contributed by atoms with E-state index in [1.807, 2.05) is 54.6 Å². The van der Waals surface area contributed by atoms with Crippen LogP contribution in [0.4, 0.5) is 0 Å². The average molecular weight is 381 g/mol. The number of rotatable bonds is 6. The lowest BCUT2D eigenvalue weighted by atomic mass is 10.2. The highest BCUT2D eigenvalue weighted by Crippen LogP contribution is 2.11. The van der Waals surface area contributed by atoms with Gasteiger partial charge in [0, 0.05) is 10.1 Å². The highest BCUT2D eigenvalue weighted by atomic mass is 127. The summed E-state index contributed by atoms with van der Waals surface area (Å²) < 4.78 is 6.53. The number of hydrogen-bond donors (Lipinski definition) is 1. The first-order valence-corrected chi connectivity index (χ1v) is 7.56. The second-order valence-corrected chi connectivity index (χ2v) is 5.41. The molecule has 0 unspecified atom stereocenters. The average Bonchev–Trinajstić information content (AvgIpc) is 2.48. The third-order valence-corrected chi connectivity index (χ3v) is 3.68. The van der Waals surface area contributed by atoms with Crippen molar-refractivity contribution in [2.45, 2.75) is 6.42 Å². The van der Waals surface area contributed by atoms with Crippen LogP contribution in [0.2, 0.25) is 0 Å². The fourth-order valence-electron chi connectivity index (χ4n) is 1.72. The standard InChI is InChI=1S/C16H16INO2/c17-15-10-5-4-9-14(15)16(19)18-11-6-12-20-13-7-2-1-3-8-13/h1-5,7-10H,6,11-12H2,(H,18,19). The molecule has 2 aromatic rings. The van der Waals surface area contributed by atoms with E-state index in [1.54, 1.807) is 0 Å². The van der Waals surface area contributed by atoms with Crippen LogP contribution in [0.5, 0.6) is 5.75 Å². The van der Waals surface area contributed by atoms with E-state index in [-0.39, 0.29) is 5.91 Å². The Bertz CT molecular complexity index is 557. The molecule has 0 aliphatic heterocycles. The minimum absolute atomic E-state index is 0.0327. The molecular formula is C16H16INO2. The van der Waals surface area contributed by atoms with Gasteiger partial charge in [0.1, 0.15) is 5.75 Å². The Morgan fingerprint density at radius 3 is 2.50 bits per heavy atom. The maximum atomic E-state index is 11.9. The van der Waals surface area contributed by atoms with Crippen molar-refractivity contribution in [2.24, 2.45) is 0 Å². The molecular weight excluding hydrogens is 365 g/mol. The molecule has 3 nitrogen and oxygen atoms in total. The highest BCUT2D eigenvalue weighted by molar-refractivity contribution is 14.1. The Kier molecular flexibility index (Phi) is 5.86. The molecule has 1 amide bonds. The van der Waals surface area contributed by atoms with Crippen LogP contribution in [0.1, 0.15) is 16.8 Å². The van der Waals surface area contributed by atoms with Gasteiger partial charge < -0.3 is 10.1 Å². The summed E-state index contributed by atoms with van der Waals surface area (Å²) in [6.45, 7) is 1.20. The summed E-state index contributed by atoms with van der Waals surface area (Å²) in [6.07, 6.45) is 0.782. The van der Waals surface area contributed by atoms with Gasteiger partial charge in [-0.1, -0.05) is 30.3 Å². The number of hydrogen-bond acceptors (Lipinski definition) is 2. The van der Waals surface area contributed by atoms with Crippen LogP contribution in [-0.2, 0) is 0 Å². The lowest BCUT2D eigenvalue weighted by molar-refractivity contribution is 0.0950. The van der Waals surface area contributed by atoms with Gasteiger partial charge in [-0.3, -0.25) is 4.79 Å². The van der Waals surface area contributed by atoms with E-state index >= 15 is 0 Å². The van der Waals surface area contributed by atoms with Gasteiger partial charge in [-0.05, 0) is 53.3 Å². The zero-order valence-electron chi connectivity index (χ0n) is 11.0. The Morgan fingerprint density at radius 1 is 1.05 bits per heavy atom. The van der Waals surface area contributed by atoms with Gasteiger partial charge in [0.25, 0.3) is 5.91 Å². The number of benzene rings is 2. The van der Waals surface area contributed by atoms with E-state index in [0.29, 0.717) is 13.2 Å². The summed E-state index contributed by atoms with van der Waals surface area (Å²) in [4.78, 5) is 11.9. The quantitative estimate of drug-likeness (QED) is 0.615. The topological polar surface area (TPSA) is 38.3 Å². The lowest BCUT2D eigenvalue weighted by Gasteiger charge is -2.08. The monoisotopic (exact) mass is 381 g/mol. The number of ether oxygens (including phenoxy) is 1. The van der Waals surface area contributed by atoms with Gasteiger partial charge in [-0.15, -0.1) is 0 Å². The zero-order chi connectivity index (χ0) is 14.2. The SMILES string of the molecule is O=C(NCCCOc1ccccc1)c1ccccc1I. The van der Waals surface area contributed by atoms with Gasteiger partial charge >= 0.3 is 0 Å². The van der Waals surface area contributed by atoms with Crippen LogP contribution >= 0.6 is 22.6 Å². The number of amides is 1. The van der Waals surface area contributed by atoms with Crippen molar-refractivity contribution in [1.82, 2.24) is 5.32 Å². The van der Waals surface area contributed by atoms with E-state index in [1.165, 1.54) is 0 Å². The van der Waals surface area contributed by atoms with Gasteiger partial charge in [0.15, 0.2) is 0 Å². The number of carbonyl (C=O) groups is 1. The summed E-state index contributed by atoms with van der Waals surface area (Å²) in [5, 5.41) is 2.90. The number of carbonyl (C=O) groups excluding carboxylic acids is 1. The fourth-order valence-corrected chi connectivity index (χ4v) is 2.35. The van der Waals surface area contributed by atoms with Crippen molar-refractivity contribution in [3.63, 3.8) is 0 Å². The van der Waals surface area contributed by atoms with E-state index < -0.39 is 0 Å². The van der Waals surface area contributed by atoms with E-state index in [9.17, 15) is 4.79 Å². The molecule has 0 aromatic heterocycles. The molecule has 1 N–H and O–H groups in total. The number of para-hydroxylation sites is 1. The molecule has 0 atom stereocenters. The molecule has 0 spiro atoms. The Balaban J connectivity index is 1.69. The molecule has 0 fully saturated rings. The van der Waals surface area contributed by atoms with E-state index in [0.717, 1.165) is 21.3 Å². The minimum atomic E-state index is -0.0327. The first kappa shape index (κ1) is 14.8. The predicted octanol–water partition coefficient (Wildman–Crippen LogP) is 3.49. The number of halogens is 1. The lowest BCUT2D eigenvalue weighted by Crippen LogP contribution is -2.26. The van der Waals surface area contributed by atoms with Crippen LogP contribution in [0.3, 0.4) is 0 Å². The Labute approximate surface area is 132 Å². The highest BCUT2D eigenvalue weighted by Gasteiger charge is 2.07. The van der Waals surface area contributed by atoms with Crippen molar-refractivity contribution in [3.05, 3.63) is 63.7 Å². The van der Waals surface area contributed by atoms with Crippen LogP contribution in [-0.4, -0.2) is 19.1 Å². The van der Waals surface area contributed by atoms with Crippen molar-refractivity contribution >= 4 is 28.5 Å². The summed E-state index contributed by atoms with van der Waals surface area (Å²) in [5.41, 5.74) is 0.720. The predicted molar refractivity (Wildman–Crippen MR) is 88.0 cm³/mol. The third-order valence-electron chi connectivity index (χ3n) is 2.74. The summed E-state index contributed by atoms with van der Waals surface area (Å²) in [6, 6.07) is 17.2. The molecule has 20 heavy (non-hydrogen) atoms. The molecule has 0 bridgehead atoms. The van der Waals surface area contributed by atoms with Gasteiger partial charge in [0.05, 0.1) is 12.2 Å². The van der Waals surface area contributed by atoms with Crippen LogP contribution < -0.4 is 10.1 Å². The fraction of sp³-hybridized carbons (Fsp3) is 0.188. The molecule has 0 heterocycles. The maximum Gasteiger partial charge on any atom is 0.252 e. The molecule has 4 heteroatoms. The first-order chi connectivity index (χ1) is 9.77. The van der Waals surface area contributed by atoms with Crippen molar-refractivity contribution < 1.29 is 9.53 Å².